The van der Waals surface area contributed by atoms with E-state index in [-0.39, 0.29) is 5.91 Å². The molecule has 3 heterocycles. The second kappa shape index (κ2) is 8.01. The Kier molecular flexibility index (Phi) is 5.53. The van der Waals surface area contributed by atoms with Gasteiger partial charge in [-0.3, -0.25) is 14.9 Å². The van der Waals surface area contributed by atoms with Gasteiger partial charge < -0.3 is 10.2 Å². The molecule has 0 aromatic carbocycles. The van der Waals surface area contributed by atoms with Gasteiger partial charge in [-0.05, 0) is 45.0 Å². The maximum Gasteiger partial charge on any atom is 0.220 e. The lowest BCUT2D eigenvalue weighted by Crippen LogP contribution is -2.37. The van der Waals surface area contributed by atoms with Crippen molar-refractivity contribution in [3.05, 3.63) is 30.4 Å². The van der Waals surface area contributed by atoms with Gasteiger partial charge in [0.1, 0.15) is 5.82 Å². The zero-order valence-electron chi connectivity index (χ0n) is 14.0. The maximum atomic E-state index is 12.0. The van der Waals surface area contributed by atoms with Crippen LogP contribution in [-0.4, -0.2) is 50.6 Å². The highest BCUT2D eigenvalue weighted by Crippen LogP contribution is 2.19. The fourth-order valence-electron chi connectivity index (χ4n) is 3.08. The minimum Gasteiger partial charge on any atom is -0.349 e. The molecule has 7 heteroatoms. The smallest absolute Gasteiger partial charge is 0.220 e. The summed E-state index contributed by atoms with van der Waals surface area (Å²) in [6.07, 6.45) is 8.62. The van der Waals surface area contributed by atoms with E-state index in [1.54, 1.807) is 12.4 Å². The molecule has 0 aliphatic carbocycles. The van der Waals surface area contributed by atoms with E-state index in [2.05, 4.69) is 37.4 Å². The van der Waals surface area contributed by atoms with Crippen molar-refractivity contribution in [1.29, 1.82) is 0 Å². The summed E-state index contributed by atoms with van der Waals surface area (Å²) in [6.45, 7) is 1.51. The highest BCUT2D eigenvalue weighted by molar-refractivity contribution is 5.75. The summed E-state index contributed by atoms with van der Waals surface area (Å²) in [6, 6.07) is 4.24. The number of pyridine rings is 1. The number of H-pyrrole nitrogens is 1. The lowest BCUT2D eigenvalue weighted by atomic mass is 9.98. The number of carbonyl (C=O) groups is 1. The summed E-state index contributed by atoms with van der Waals surface area (Å²) in [5.41, 5.74) is 0.902. The third kappa shape index (κ3) is 4.38. The number of likely N-dealkylation sites (tertiary alicyclic amines) is 1. The number of aromatic nitrogens is 4. The average molecular weight is 328 g/mol. The van der Waals surface area contributed by atoms with Gasteiger partial charge in [-0.25, -0.2) is 4.98 Å². The predicted octanol–water partition coefficient (Wildman–Crippen LogP) is 1.75. The Bertz CT molecular complexity index is 656. The molecule has 3 rings (SSSR count). The topological polar surface area (TPSA) is 86.8 Å². The van der Waals surface area contributed by atoms with Crippen molar-refractivity contribution >= 4 is 5.91 Å². The fraction of sp³-hybridized carbons (Fsp3) is 0.529. The van der Waals surface area contributed by atoms with Gasteiger partial charge >= 0.3 is 0 Å². The third-order valence-electron chi connectivity index (χ3n) is 4.55. The first-order valence-corrected chi connectivity index (χ1v) is 8.51. The standard InChI is InChI=1S/C17H24N6O/c1-23-11-3-2-4-14(23)5-6-16(24)19-12-15-20-17(22-21-15)13-7-9-18-10-8-13/h7-10,14H,2-6,11-12H2,1H3,(H,19,24)(H,20,21,22)/t14-/m0/s1. The second-order valence-electron chi connectivity index (χ2n) is 6.29. The Morgan fingerprint density at radius 2 is 2.21 bits per heavy atom. The SMILES string of the molecule is CN1CCCC[C@H]1CCC(=O)NCc1nc(-c2ccncc2)n[nH]1. The molecule has 24 heavy (non-hydrogen) atoms. The number of piperidine rings is 1. The monoisotopic (exact) mass is 328 g/mol. The van der Waals surface area contributed by atoms with Crippen LogP contribution in [0.2, 0.25) is 0 Å². The third-order valence-corrected chi connectivity index (χ3v) is 4.55. The van der Waals surface area contributed by atoms with Gasteiger partial charge in [0, 0.05) is 30.4 Å². The van der Waals surface area contributed by atoms with Gasteiger partial charge in [0.25, 0.3) is 0 Å². The highest BCUT2D eigenvalue weighted by Gasteiger charge is 2.19. The molecule has 1 aliphatic heterocycles. The van der Waals surface area contributed by atoms with Crippen molar-refractivity contribution in [1.82, 2.24) is 30.4 Å². The molecule has 7 nitrogen and oxygen atoms in total. The van der Waals surface area contributed by atoms with E-state index < -0.39 is 0 Å². The molecule has 0 saturated carbocycles. The number of hydrogen-bond acceptors (Lipinski definition) is 5. The molecule has 0 radical (unpaired) electrons. The molecule has 2 aromatic heterocycles. The Labute approximate surface area is 141 Å². The van der Waals surface area contributed by atoms with Gasteiger partial charge in [-0.15, -0.1) is 0 Å². The minimum absolute atomic E-state index is 0.0656. The first-order valence-electron chi connectivity index (χ1n) is 8.51. The molecule has 1 amide bonds. The summed E-state index contributed by atoms with van der Waals surface area (Å²) < 4.78 is 0. The lowest BCUT2D eigenvalue weighted by molar-refractivity contribution is -0.121. The summed E-state index contributed by atoms with van der Waals surface area (Å²) in [5.74, 6) is 1.34. The van der Waals surface area contributed by atoms with Crippen molar-refractivity contribution in [2.75, 3.05) is 13.6 Å². The van der Waals surface area contributed by atoms with Crippen LogP contribution in [0.4, 0.5) is 0 Å². The number of nitrogens with one attached hydrogen (secondary N) is 2. The van der Waals surface area contributed by atoms with E-state index in [0.29, 0.717) is 30.7 Å². The molecule has 2 aromatic rings. The number of amides is 1. The van der Waals surface area contributed by atoms with Crippen LogP contribution in [0.5, 0.6) is 0 Å². The van der Waals surface area contributed by atoms with Gasteiger partial charge in [-0.2, -0.15) is 5.10 Å². The molecular weight excluding hydrogens is 304 g/mol. The molecule has 0 bridgehead atoms. The van der Waals surface area contributed by atoms with E-state index in [1.165, 1.54) is 19.3 Å². The molecule has 1 aliphatic rings. The van der Waals surface area contributed by atoms with E-state index in [9.17, 15) is 4.79 Å². The normalized spacial score (nSPS) is 18.5. The largest absolute Gasteiger partial charge is 0.349 e. The van der Waals surface area contributed by atoms with Crippen LogP contribution in [0.1, 0.15) is 37.9 Å². The number of nitrogens with zero attached hydrogens (tertiary/aromatic N) is 4. The molecular formula is C17H24N6O. The Balaban J connectivity index is 1.44. The van der Waals surface area contributed by atoms with Crippen LogP contribution >= 0.6 is 0 Å². The second-order valence-corrected chi connectivity index (χ2v) is 6.29. The zero-order valence-corrected chi connectivity index (χ0v) is 14.0. The summed E-state index contributed by atoms with van der Waals surface area (Å²) in [7, 11) is 2.15. The molecule has 0 unspecified atom stereocenters. The summed E-state index contributed by atoms with van der Waals surface area (Å²) >= 11 is 0. The predicted molar refractivity (Wildman–Crippen MR) is 91.0 cm³/mol. The molecule has 1 fully saturated rings. The van der Waals surface area contributed by atoms with Gasteiger partial charge in [0.2, 0.25) is 5.91 Å². The quantitative estimate of drug-likeness (QED) is 0.843. The maximum absolute atomic E-state index is 12.0. The molecule has 0 spiro atoms. The number of rotatable bonds is 6. The van der Waals surface area contributed by atoms with Crippen LogP contribution in [-0.2, 0) is 11.3 Å². The van der Waals surface area contributed by atoms with Crippen LogP contribution in [0.15, 0.2) is 24.5 Å². The highest BCUT2D eigenvalue weighted by atomic mass is 16.1. The minimum atomic E-state index is 0.0656. The van der Waals surface area contributed by atoms with Crippen molar-refractivity contribution in [3.63, 3.8) is 0 Å². The molecule has 1 atom stereocenters. The van der Waals surface area contributed by atoms with Crippen molar-refractivity contribution in [2.45, 2.75) is 44.7 Å². The van der Waals surface area contributed by atoms with Crippen LogP contribution < -0.4 is 5.32 Å². The molecule has 128 valence electrons. The van der Waals surface area contributed by atoms with Crippen molar-refractivity contribution in [2.24, 2.45) is 0 Å². The fourth-order valence-corrected chi connectivity index (χ4v) is 3.08. The number of carbonyl (C=O) groups excluding carboxylic acids is 1. The van der Waals surface area contributed by atoms with Crippen LogP contribution in [0.3, 0.4) is 0 Å². The van der Waals surface area contributed by atoms with E-state index in [4.69, 9.17) is 0 Å². The van der Waals surface area contributed by atoms with Gasteiger partial charge in [0.15, 0.2) is 5.82 Å². The van der Waals surface area contributed by atoms with E-state index in [0.717, 1.165) is 18.5 Å². The first-order chi connectivity index (χ1) is 11.7. The lowest BCUT2D eigenvalue weighted by Gasteiger charge is -2.32. The van der Waals surface area contributed by atoms with Gasteiger partial charge in [-0.1, -0.05) is 6.42 Å². The summed E-state index contributed by atoms with van der Waals surface area (Å²) in [5, 5.41) is 9.95. The Morgan fingerprint density at radius 3 is 3.00 bits per heavy atom. The zero-order chi connectivity index (χ0) is 16.8. The molecule has 1 saturated heterocycles. The average Bonchev–Trinajstić information content (AvgIpc) is 3.09. The number of aromatic amines is 1. The Hall–Kier alpha value is -2.28. The van der Waals surface area contributed by atoms with Crippen LogP contribution in [0, 0.1) is 0 Å². The summed E-state index contributed by atoms with van der Waals surface area (Å²) in [4.78, 5) is 22.8. The molecule has 2 N–H and O–H groups in total. The van der Waals surface area contributed by atoms with E-state index >= 15 is 0 Å². The van der Waals surface area contributed by atoms with E-state index in [1.807, 2.05) is 12.1 Å². The Morgan fingerprint density at radius 1 is 1.38 bits per heavy atom. The van der Waals surface area contributed by atoms with Crippen molar-refractivity contribution in [3.8, 4) is 11.4 Å². The van der Waals surface area contributed by atoms with Crippen molar-refractivity contribution < 1.29 is 4.79 Å². The van der Waals surface area contributed by atoms with Crippen LogP contribution in [0.25, 0.3) is 11.4 Å². The first kappa shape index (κ1) is 16.6. The van der Waals surface area contributed by atoms with Gasteiger partial charge in [0.05, 0.1) is 6.54 Å². The number of hydrogen-bond donors (Lipinski definition) is 2.